The number of benzene rings is 3. The largest absolute Gasteiger partial charge is 0.497 e. The minimum atomic E-state index is -3.86. The van der Waals surface area contributed by atoms with Crippen molar-refractivity contribution in [2.45, 2.75) is 11.3 Å². The van der Waals surface area contributed by atoms with E-state index in [1.54, 1.807) is 60.5 Å². The van der Waals surface area contributed by atoms with E-state index in [1.807, 2.05) is 6.07 Å². The zero-order chi connectivity index (χ0) is 25.9. The maximum atomic E-state index is 13.1. The number of amides is 2. The number of hydrogen-bond donors (Lipinski definition) is 1. The van der Waals surface area contributed by atoms with E-state index in [0.29, 0.717) is 41.4 Å². The fourth-order valence-corrected chi connectivity index (χ4v) is 5.10. The van der Waals surface area contributed by atoms with Crippen LogP contribution in [-0.4, -0.2) is 58.9 Å². The zero-order valence-corrected chi connectivity index (χ0v) is 21.0. The Morgan fingerprint density at radius 2 is 1.56 bits per heavy atom. The molecular weight excluding hydrogens is 482 g/mol. The minimum Gasteiger partial charge on any atom is -0.497 e. The number of hydrogen-bond acceptors (Lipinski definition) is 6. The highest BCUT2D eigenvalue weighted by atomic mass is 32.2. The second kappa shape index (κ2) is 10.4. The highest BCUT2D eigenvalue weighted by Gasteiger charge is 2.27. The molecule has 0 aromatic heterocycles. The maximum Gasteiger partial charge on any atom is 0.258 e. The Kier molecular flexibility index (Phi) is 7.27. The van der Waals surface area contributed by atoms with Gasteiger partial charge in [-0.3, -0.25) is 9.59 Å². The van der Waals surface area contributed by atoms with Gasteiger partial charge in [-0.05, 0) is 72.6 Å². The lowest BCUT2D eigenvalue weighted by Crippen LogP contribution is -2.35. The Bertz CT molecular complexity index is 1370. The van der Waals surface area contributed by atoms with E-state index in [2.05, 4.69) is 5.32 Å². The number of nitrogens with zero attached hydrogens (tertiary/aromatic N) is 2. The molecule has 3 aromatic carbocycles. The molecule has 0 radical (unpaired) electrons. The molecule has 1 aliphatic rings. The van der Waals surface area contributed by atoms with Gasteiger partial charge in [0.15, 0.2) is 0 Å². The molecule has 0 spiro atoms. The first-order chi connectivity index (χ1) is 17.2. The standard InChI is InChI=1S/C26H27N3O6S/c1-28(36(32,33)23-12-10-22(35-3)11-13-23)17-25(30)27-20-7-4-18-14-15-29(24(18)16-20)26(31)19-5-8-21(34-2)9-6-19/h4-13,16H,14-15,17H2,1-3H3,(H,27,30). The van der Waals surface area contributed by atoms with Crippen LogP contribution in [0.4, 0.5) is 11.4 Å². The van der Waals surface area contributed by atoms with Gasteiger partial charge in [0.05, 0.1) is 25.7 Å². The molecule has 0 saturated heterocycles. The van der Waals surface area contributed by atoms with Crippen LogP contribution < -0.4 is 19.7 Å². The quantitative estimate of drug-likeness (QED) is 0.500. The van der Waals surface area contributed by atoms with E-state index in [0.717, 1.165) is 9.87 Å². The van der Waals surface area contributed by atoms with Crippen molar-refractivity contribution in [1.29, 1.82) is 0 Å². The Hall–Kier alpha value is -3.89. The Labute approximate surface area is 210 Å². The van der Waals surface area contributed by atoms with Gasteiger partial charge in [0, 0.05) is 30.5 Å². The number of methoxy groups -OCH3 is 2. The molecule has 0 fully saturated rings. The monoisotopic (exact) mass is 509 g/mol. The Morgan fingerprint density at radius 1 is 0.944 bits per heavy atom. The number of fused-ring (bicyclic) bond motifs is 1. The number of nitrogens with one attached hydrogen (secondary N) is 1. The van der Waals surface area contributed by atoms with Gasteiger partial charge in [-0.15, -0.1) is 0 Å². The molecule has 0 aliphatic carbocycles. The lowest BCUT2D eigenvalue weighted by Gasteiger charge is -2.19. The number of anilines is 2. The zero-order valence-electron chi connectivity index (χ0n) is 20.2. The first kappa shape index (κ1) is 25.2. The highest BCUT2D eigenvalue weighted by Crippen LogP contribution is 2.32. The minimum absolute atomic E-state index is 0.0591. The van der Waals surface area contributed by atoms with Gasteiger partial charge >= 0.3 is 0 Å². The van der Waals surface area contributed by atoms with Crippen LogP contribution in [0.2, 0.25) is 0 Å². The summed E-state index contributed by atoms with van der Waals surface area (Å²) in [6, 6.07) is 18.2. The van der Waals surface area contributed by atoms with Crippen LogP contribution in [0, 0.1) is 0 Å². The second-order valence-corrected chi connectivity index (χ2v) is 10.3. The van der Waals surface area contributed by atoms with Crippen LogP contribution in [0.25, 0.3) is 0 Å². The SMILES string of the molecule is COc1ccc(C(=O)N2CCc3ccc(NC(=O)CN(C)S(=O)(=O)c4ccc(OC)cc4)cc32)cc1. The van der Waals surface area contributed by atoms with E-state index in [9.17, 15) is 18.0 Å². The van der Waals surface area contributed by atoms with E-state index < -0.39 is 15.9 Å². The second-order valence-electron chi connectivity index (χ2n) is 8.26. The van der Waals surface area contributed by atoms with Crippen LogP contribution in [0.1, 0.15) is 15.9 Å². The first-order valence-electron chi connectivity index (χ1n) is 11.2. The molecule has 0 atom stereocenters. The number of sulfonamides is 1. The van der Waals surface area contributed by atoms with E-state index in [1.165, 1.54) is 26.3 Å². The van der Waals surface area contributed by atoms with Crippen LogP contribution in [0.3, 0.4) is 0 Å². The molecule has 2 amide bonds. The van der Waals surface area contributed by atoms with Crippen LogP contribution >= 0.6 is 0 Å². The third kappa shape index (κ3) is 5.19. The molecular formula is C26H27N3O6S. The van der Waals surface area contributed by atoms with Crippen LogP contribution in [-0.2, 0) is 21.2 Å². The average molecular weight is 510 g/mol. The van der Waals surface area contributed by atoms with Crippen LogP contribution in [0.15, 0.2) is 71.6 Å². The van der Waals surface area contributed by atoms with E-state index in [-0.39, 0.29) is 17.3 Å². The summed E-state index contributed by atoms with van der Waals surface area (Å²) in [6.45, 7) is 0.153. The normalized spacial score (nSPS) is 12.8. The highest BCUT2D eigenvalue weighted by molar-refractivity contribution is 7.89. The first-order valence-corrected chi connectivity index (χ1v) is 12.7. The van der Waals surface area contributed by atoms with Crippen molar-refractivity contribution in [1.82, 2.24) is 4.31 Å². The lowest BCUT2D eigenvalue weighted by molar-refractivity contribution is -0.116. The van der Waals surface area contributed by atoms with Crippen LogP contribution in [0.5, 0.6) is 11.5 Å². The van der Waals surface area contributed by atoms with Gasteiger partial charge < -0.3 is 19.7 Å². The number of likely N-dealkylation sites (N-methyl/N-ethyl adjacent to an activating group) is 1. The summed E-state index contributed by atoms with van der Waals surface area (Å²) < 4.78 is 36.8. The molecule has 1 N–H and O–H groups in total. The average Bonchev–Trinajstić information content (AvgIpc) is 3.31. The van der Waals surface area contributed by atoms with Gasteiger partial charge in [0.25, 0.3) is 5.91 Å². The summed E-state index contributed by atoms with van der Waals surface area (Å²) in [6.07, 6.45) is 0.703. The molecule has 1 heterocycles. The van der Waals surface area contributed by atoms with Crippen molar-refractivity contribution >= 4 is 33.2 Å². The smallest absolute Gasteiger partial charge is 0.258 e. The molecule has 0 bridgehead atoms. The maximum absolute atomic E-state index is 13.1. The Morgan fingerprint density at radius 3 is 2.17 bits per heavy atom. The van der Waals surface area contributed by atoms with Crippen molar-refractivity contribution in [3.8, 4) is 11.5 Å². The molecule has 10 heteroatoms. The summed E-state index contributed by atoms with van der Waals surface area (Å²) in [5, 5.41) is 2.74. The Balaban J connectivity index is 1.45. The third-order valence-electron chi connectivity index (χ3n) is 5.98. The number of ether oxygens (including phenoxy) is 2. The number of rotatable bonds is 8. The summed E-state index contributed by atoms with van der Waals surface area (Å²) >= 11 is 0. The molecule has 36 heavy (non-hydrogen) atoms. The van der Waals surface area contributed by atoms with E-state index in [4.69, 9.17) is 9.47 Å². The molecule has 0 saturated carbocycles. The van der Waals surface area contributed by atoms with Gasteiger partial charge in [0.1, 0.15) is 11.5 Å². The van der Waals surface area contributed by atoms with Crippen molar-refractivity contribution < 1.29 is 27.5 Å². The molecule has 1 aliphatic heterocycles. The predicted octanol–water partition coefficient (Wildman–Crippen LogP) is 3.17. The van der Waals surface area contributed by atoms with Crippen molar-refractivity contribution in [2.75, 3.05) is 44.6 Å². The molecule has 0 unspecified atom stereocenters. The summed E-state index contributed by atoms with van der Waals surface area (Å²) in [5.41, 5.74) is 2.72. The molecule has 3 aromatic rings. The molecule has 9 nitrogen and oxygen atoms in total. The summed E-state index contributed by atoms with van der Waals surface area (Å²) in [7, 11) is 0.541. The van der Waals surface area contributed by atoms with Gasteiger partial charge in [-0.2, -0.15) is 4.31 Å². The van der Waals surface area contributed by atoms with Gasteiger partial charge in [-0.25, -0.2) is 8.42 Å². The fraction of sp³-hybridized carbons (Fsp3) is 0.231. The molecule has 188 valence electrons. The topological polar surface area (TPSA) is 105 Å². The summed E-state index contributed by atoms with van der Waals surface area (Å²) in [5.74, 6) is 0.550. The van der Waals surface area contributed by atoms with Crippen molar-refractivity contribution in [3.05, 3.63) is 77.9 Å². The summed E-state index contributed by atoms with van der Waals surface area (Å²) in [4.78, 5) is 27.5. The fourth-order valence-electron chi connectivity index (χ4n) is 3.97. The van der Waals surface area contributed by atoms with E-state index >= 15 is 0 Å². The lowest BCUT2D eigenvalue weighted by atomic mass is 10.1. The third-order valence-corrected chi connectivity index (χ3v) is 7.80. The van der Waals surface area contributed by atoms with Crippen molar-refractivity contribution in [3.63, 3.8) is 0 Å². The molecule has 4 rings (SSSR count). The van der Waals surface area contributed by atoms with Crippen molar-refractivity contribution in [2.24, 2.45) is 0 Å². The predicted molar refractivity (Wildman–Crippen MR) is 136 cm³/mol. The number of carbonyl (C=O) groups excluding carboxylic acids is 2. The van der Waals surface area contributed by atoms with Gasteiger partial charge in [0.2, 0.25) is 15.9 Å². The number of carbonyl (C=O) groups is 2. The van der Waals surface area contributed by atoms with Gasteiger partial charge in [-0.1, -0.05) is 6.07 Å².